The molecule has 0 aliphatic heterocycles. The molecule has 2 nitrogen and oxygen atoms in total. The fraction of sp³-hybridized carbons (Fsp3) is 0.200. The highest BCUT2D eigenvalue weighted by Gasteiger charge is 2.15. The molecule has 0 saturated heterocycles. The van der Waals surface area contributed by atoms with Crippen LogP contribution in [0.25, 0.3) is 0 Å². The van der Waals surface area contributed by atoms with Gasteiger partial charge in [0, 0.05) is 10.0 Å². The van der Waals surface area contributed by atoms with Gasteiger partial charge in [0.2, 0.25) is 0 Å². The van der Waals surface area contributed by atoms with Gasteiger partial charge in [0.05, 0.1) is 6.61 Å². The third kappa shape index (κ3) is 2.92. The van der Waals surface area contributed by atoms with E-state index in [9.17, 15) is 5.11 Å². The largest absolute Gasteiger partial charge is 0.493 e. The van der Waals surface area contributed by atoms with E-state index in [1.54, 1.807) is 0 Å². The normalized spacial score (nSPS) is 12.2. The maximum atomic E-state index is 10.4. The van der Waals surface area contributed by atoms with Crippen LogP contribution >= 0.6 is 15.9 Å². The third-order valence-electron chi connectivity index (χ3n) is 2.68. The van der Waals surface area contributed by atoms with Gasteiger partial charge in [-0.25, -0.2) is 0 Å². The molecule has 0 radical (unpaired) electrons. The van der Waals surface area contributed by atoms with Gasteiger partial charge in [-0.15, -0.1) is 0 Å². The van der Waals surface area contributed by atoms with E-state index < -0.39 is 6.10 Å². The number of aliphatic hydroxyl groups is 1. The summed E-state index contributed by atoms with van der Waals surface area (Å²) in [6.07, 6.45) is -0.676. The highest BCUT2D eigenvalue weighted by Crippen LogP contribution is 2.30. The first-order valence-electron chi connectivity index (χ1n) is 5.87. The monoisotopic (exact) mass is 306 g/mol. The lowest BCUT2D eigenvalue weighted by molar-refractivity contribution is 0.212. The predicted octanol–water partition coefficient (Wildman–Crippen LogP) is 3.93. The van der Waals surface area contributed by atoms with Crippen molar-refractivity contribution in [3.05, 3.63) is 64.1 Å². The van der Waals surface area contributed by atoms with E-state index in [-0.39, 0.29) is 0 Å². The second kappa shape index (κ2) is 6.03. The van der Waals surface area contributed by atoms with Crippen molar-refractivity contribution in [3.8, 4) is 5.75 Å². The molecular formula is C15H15BrO2. The molecule has 2 aromatic carbocycles. The number of aliphatic hydroxyl groups excluding tert-OH is 1. The summed E-state index contributed by atoms with van der Waals surface area (Å²) in [6.45, 7) is 2.52. The summed E-state index contributed by atoms with van der Waals surface area (Å²) in [5, 5.41) is 10.4. The van der Waals surface area contributed by atoms with E-state index in [0.29, 0.717) is 6.61 Å². The zero-order chi connectivity index (χ0) is 13.0. The summed E-state index contributed by atoms with van der Waals surface area (Å²) in [5.74, 6) is 0.729. The number of hydrogen-bond acceptors (Lipinski definition) is 2. The third-order valence-corrected chi connectivity index (χ3v) is 3.17. The van der Waals surface area contributed by atoms with Gasteiger partial charge < -0.3 is 9.84 Å². The Labute approximate surface area is 115 Å². The summed E-state index contributed by atoms with van der Waals surface area (Å²) in [4.78, 5) is 0. The second-order valence-electron chi connectivity index (χ2n) is 3.93. The van der Waals surface area contributed by atoms with Crippen LogP contribution < -0.4 is 4.74 Å². The van der Waals surface area contributed by atoms with Gasteiger partial charge in [-0.1, -0.05) is 46.3 Å². The number of halogens is 1. The lowest BCUT2D eigenvalue weighted by Gasteiger charge is -2.16. The smallest absolute Gasteiger partial charge is 0.125 e. The highest BCUT2D eigenvalue weighted by atomic mass is 79.9. The van der Waals surface area contributed by atoms with Crippen molar-refractivity contribution in [1.29, 1.82) is 0 Å². The van der Waals surface area contributed by atoms with Crippen LogP contribution in [0.3, 0.4) is 0 Å². The quantitative estimate of drug-likeness (QED) is 0.927. The average molecular weight is 307 g/mol. The zero-order valence-corrected chi connectivity index (χ0v) is 11.7. The van der Waals surface area contributed by atoms with Gasteiger partial charge in [-0.3, -0.25) is 0 Å². The van der Waals surface area contributed by atoms with Crippen LogP contribution in [0.5, 0.6) is 5.75 Å². The Hall–Kier alpha value is -1.32. The minimum Gasteiger partial charge on any atom is -0.493 e. The topological polar surface area (TPSA) is 29.5 Å². The van der Waals surface area contributed by atoms with Gasteiger partial charge in [0.1, 0.15) is 11.9 Å². The number of hydrogen-bond donors (Lipinski definition) is 1. The van der Waals surface area contributed by atoms with Crippen LogP contribution in [0.15, 0.2) is 53.0 Å². The predicted molar refractivity (Wildman–Crippen MR) is 75.8 cm³/mol. The van der Waals surface area contributed by atoms with E-state index in [1.165, 1.54) is 0 Å². The van der Waals surface area contributed by atoms with Crippen molar-refractivity contribution in [2.75, 3.05) is 6.61 Å². The Morgan fingerprint density at radius 2 is 1.94 bits per heavy atom. The molecule has 2 rings (SSSR count). The molecule has 1 N–H and O–H groups in total. The Balaban J connectivity index is 2.36. The van der Waals surface area contributed by atoms with Gasteiger partial charge in [0.15, 0.2) is 0 Å². The van der Waals surface area contributed by atoms with Gasteiger partial charge in [-0.2, -0.15) is 0 Å². The van der Waals surface area contributed by atoms with Crippen molar-refractivity contribution >= 4 is 15.9 Å². The molecule has 0 amide bonds. The zero-order valence-electron chi connectivity index (χ0n) is 10.1. The first kappa shape index (κ1) is 13.1. The Morgan fingerprint density at radius 1 is 1.17 bits per heavy atom. The van der Waals surface area contributed by atoms with Crippen molar-refractivity contribution in [2.45, 2.75) is 13.0 Å². The molecule has 0 fully saturated rings. The summed E-state index contributed by atoms with van der Waals surface area (Å²) in [5.41, 5.74) is 1.63. The number of rotatable bonds is 4. The molecule has 0 aliphatic rings. The van der Waals surface area contributed by atoms with Crippen LogP contribution in [0.4, 0.5) is 0 Å². The molecule has 3 heteroatoms. The van der Waals surface area contributed by atoms with Gasteiger partial charge in [-0.05, 0) is 30.7 Å². The molecule has 0 bridgehead atoms. The molecule has 18 heavy (non-hydrogen) atoms. The molecule has 0 saturated carbocycles. The Bertz CT molecular complexity index is 525. The maximum absolute atomic E-state index is 10.4. The first-order valence-corrected chi connectivity index (χ1v) is 6.67. The SMILES string of the molecule is CCOc1ccccc1C(O)c1cccc(Br)c1. The molecular weight excluding hydrogens is 292 g/mol. The van der Waals surface area contributed by atoms with Crippen molar-refractivity contribution in [1.82, 2.24) is 0 Å². The standard InChI is InChI=1S/C15H15BrO2/c1-2-18-14-9-4-3-8-13(14)15(17)11-6-5-7-12(16)10-11/h3-10,15,17H,2H2,1H3. The lowest BCUT2D eigenvalue weighted by atomic mass is 10.0. The number of ether oxygens (including phenoxy) is 1. The number of benzene rings is 2. The maximum Gasteiger partial charge on any atom is 0.125 e. The fourth-order valence-corrected chi connectivity index (χ4v) is 2.27. The van der Waals surface area contributed by atoms with Crippen molar-refractivity contribution in [2.24, 2.45) is 0 Å². The van der Waals surface area contributed by atoms with Crippen LogP contribution in [-0.4, -0.2) is 11.7 Å². The molecule has 2 aromatic rings. The van der Waals surface area contributed by atoms with E-state index in [2.05, 4.69) is 15.9 Å². The van der Waals surface area contributed by atoms with Crippen LogP contribution in [0.1, 0.15) is 24.2 Å². The Morgan fingerprint density at radius 3 is 2.67 bits per heavy atom. The second-order valence-corrected chi connectivity index (χ2v) is 4.84. The summed E-state index contributed by atoms with van der Waals surface area (Å²) < 4.78 is 6.49. The molecule has 0 aliphatic carbocycles. The van der Waals surface area contributed by atoms with E-state index >= 15 is 0 Å². The Kier molecular flexibility index (Phi) is 4.39. The molecule has 1 atom stereocenters. The van der Waals surface area contributed by atoms with Crippen molar-refractivity contribution < 1.29 is 9.84 Å². The van der Waals surface area contributed by atoms with E-state index in [1.807, 2.05) is 55.5 Å². The lowest BCUT2D eigenvalue weighted by Crippen LogP contribution is -2.03. The summed E-state index contributed by atoms with van der Waals surface area (Å²) >= 11 is 3.41. The van der Waals surface area contributed by atoms with Crippen molar-refractivity contribution in [3.63, 3.8) is 0 Å². The fourth-order valence-electron chi connectivity index (χ4n) is 1.85. The molecule has 0 spiro atoms. The van der Waals surface area contributed by atoms with Gasteiger partial charge in [0.25, 0.3) is 0 Å². The van der Waals surface area contributed by atoms with Crippen LogP contribution in [-0.2, 0) is 0 Å². The van der Waals surface area contributed by atoms with Crippen LogP contribution in [0.2, 0.25) is 0 Å². The van der Waals surface area contributed by atoms with E-state index in [4.69, 9.17) is 4.74 Å². The molecule has 0 heterocycles. The minimum atomic E-state index is -0.676. The van der Waals surface area contributed by atoms with E-state index in [0.717, 1.165) is 21.3 Å². The minimum absolute atomic E-state index is 0.586. The van der Waals surface area contributed by atoms with Crippen LogP contribution in [0, 0.1) is 0 Å². The summed E-state index contributed by atoms with van der Waals surface area (Å²) in [7, 11) is 0. The molecule has 0 aromatic heterocycles. The molecule has 94 valence electrons. The molecule has 1 unspecified atom stereocenters. The first-order chi connectivity index (χ1) is 8.72. The average Bonchev–Trinajstić information content (AvgIpc) is 2.39. The summed E-state index contributed by atoms with van der Waals surface area (Å²) in [6, 6.07) is 15.2. The van der Waals surface area contributed by atoms with Gasteiger partial charge >= 0.3 is 0 Å². The highest BCUT2D eigenvalue weighted by molar-refractivity contribution is 9.10. The number of para-hydroxylation sites is 1.